The molecule has 0 aromatic carbocycles. The Balaban J connectivity index is 2.01. The van der Waals surface area contributed by atoms with E-state index in [0.717, 1.165) is 32.6 Å². The van der Waals surface area contributed by atoms with E-state index >= 15 is 0 Å². The summed E-state index contributed by atoms with van der Waals surface area (Å²) >= 11 is 0.0786. The molecule has 2 fully saturated rings. The second kappa shape index (κ2) is 5.87. The molecule has 2 heterocycles. The van der Waals surface area contributed by atoms with E-state index in [2.05, 4.69) is 15.0 Å². The van der Waals surface area contributed by atoms with Crippen molar-refractivity contribution in [3.05, 3.63) is 0 Å². The first-order chi connectivity index (χ1) is 8.53. The Bertz CT molecular complexity index is 278. The van der Waals surface area contributed by atoms with Gasteiger partial charge in [-0.05, 0) is 0 Å². The summed E-state index contributed by atoms with van der Waals surface area (Å²) in [6, 6.07) is 0. The molecule has 0 aromatic heterocycles. The fourth-order valence-electron chi connectivity index (χ4n) is 3.28. The number of hydrogen-bond donors (Lipinski definition) is 0. The van der Waals surface area contributed by atoms with Crippen LogP contribution in [0, 0.1) is 5.41 Å². The van der Waals surface area contributed by atoms with E-state index in [4.69, 9.17) is 0 Å². The Morgan fingerprint density at radius 3 is 2.22 bits per heavy atom. The molecule has 2 rings (SSSR count). The maximum absolute atomic E-state index is 14.5. The van der Waals surface area contributed by atoms with Crippen molar-refractivity contribution in [2.45, 2.75) is 38.5 Å². The summed E-state index contributed by atoms with van der Waals surface area (Å²) < 4.78 is 31.4. The Morgan fingerprint density at radius 2 is 1.72 bits per heavy atom. The molecule has 2 aliphatic heterocycles. The molecule has 2 saturated heterocycles. The van der Waals surface area contributed by atoms with Crippen LogP contribution < -0.4 is 21.5 Å². The number of hydrogen-bond acceptors (Lipinski definition) is 2. The van der Waals surface area contributed by atoms with E-state index in [9.17, 15) is 8.78 Å². The summed E-state index contributed by atoms with van der Waals surface area (Å²) in [6.45, 7) is 5.52. The molecule has 0 unspecified atom stereocenters. The number of halogens is 3. The first-order valence-corrected chi connectivity index (χ1v) is 10.00. The number of piperidine rings is 2. The van der Waals surface area contributed by atoms with Crippen molar-refractivity contribution in [1.29, 1.82) is 0 Å². The summed E-state index contributed by atoms with van der Waals surface area (Å²) in [6.07, 6.45) is 3.06. The van der Waals surface area contributed by atoms with Crippen LogP contribution in [0.25, 0.3) is 0 Å². The van der Waals surface area contributed by atoms with E-state index in [1.165, 1.54) is 0 Å². The van der Waals surface area contributed by atoms with Gasteiger partial charge in [-0.15, -0.1) is 0 Å². The van der Waals surface area contributed by atoms with Crippen molar-refractivity contribution in [3.63, 3.8) is 0 Å². The van der Waals surface area contributed by atoms with Gasteiger partial charge in [0.05, 0.1) is 0 Å². The second-order valence-corrected chi connectivity index (χ2v) is 7.92. The van der Waals surface area contributed by atoms with Crippen LogP contribution in [-0.2, 0) is 0 Å². The maximum atomic E-state index is 14.5. The topological polar surface area (TPSA) is 6.48 Å². The van der Waals surface area contributed by atoms with Crippen LogP contribution in [-0.4, -0.2) is 51.6 Å². The summed E-state index contributed by atoms with van der Waals surface area (Å²) in [5.74, 6) is -2.49. The third-order valence-electron chi connectivity index (χ3n) is 4.55. The molecule has 2 nitrogen and oxygen atoms in total. The van der Waals surface area contributed by atoms with Crippen molar-refractivity contribution in [2.24, 2.45) is 5.41 Å². The van der Waals surface area contributed by atoms with Crippen molar-refractivity contribution >= 4 is 0 Å². The summed E-state index contributed by atoms with van der Waals surface area (Å²) in [5.41, 5.74) is -0.688. The molecule has 2 aliphatic rings. The zero-order valence-corrected chi connectivity index (χ0v) is 13.5. The molecule has 5 heteroatoms. The Hall–Kier alpha value is 0.510. The molecular formula is C13H24F2IN2-. The van der Waals surface area contributed by atoms with Crippen LogP contribution in [0.3, 0.4) is 0 Å². The van der Waals surface area contributed by atoms with Crippen LogP contribution in [0.5, 0.6) is 0 Å². The summed E-state index contributed by atoms with van der Waals surface area (Å²) in [5, 5.41) is 0. The van der Waals surface area contributed by atoms with Crippen molar-refractivity contribution < 1.29 is 30.3 Å². The molecular weight excluding hydrogens is 349 g/mol. The Kier molecular flexibility index (Phi) is 4.86. The van der Waals surface area contributed by atoms with E-state index in [1.54, 1.807) is 0 Å². The first-order valence-electron chi connectivity index (χ1n) is 6.88. The molecule has 1 spiro atoms. The zero-order valence-electron chi connectivity index (χ0n) is 11.4. The molecule has 0 N–H and O–H groups in total. The quantitative estimate of drug-likeness (QED) is 0.372. The van der Waals surface area contributed by atoms with Crippen LogP contribution in [0.4, 0.5) is 8.78 Å². The standard InChI is InChI=1S/C13H24F2IN2/c1-3-7-17-8-4-12(13(14,15)11-17)5-9-18(16-2)10-6-12/h3-11H2,1-2H3/q-1. The van der Waals surface area contributed by atoms with Gasteiger partial charge in [0.2, 0.25) is 0 Å². The van der Waals surface area contributed by atoms with Gasteiger partial charge in [-0.25, -0.2) is 0 Å². The van der Waals surface area contributed by atoms with Gasteiger partial charge in [0.1, 0.15) is 0 Å². The van der Waals surface area contributed by atoms with Gasteiger partial charge in [-0.2, -0.15) is 0 Å². The predicted molar refractivity (Wildman–Crippen MR) is 65.5 cm³/mol. The Morgan fingerprint density at radius 1 is 1.11 bits per heavy atom. The number of alkyl halides is 3. The Labute approximate surface area is 120 Å². The predicted octanol–water partition coefficient (Wildman–Crippen LogP) is -0.547. The van der Waals surface area contributed by atoms with Crippen LogP contribution in [0.1, 0.15) is 32.6 Å². The third-order valence-corrected chi connectivity index (χ3v) is 6.88. The minimum atomic E-state index is -2.49. The normalized spacial score (nSPS) is 28.9. The van der Waals surface area contributed by atoms with Crippen molar-refractivity contribution in [3.8, 4) is 0 Å². The van der Waals surface area contributed by atoms with Gasteiger partial charge in [-0.3, -0.25) is 0 Å². The molecule has 108 valence electrons. The van der Waals surface area contributed by atoms with Crippen LogP contribution >= 0.6 is 0 Å². The second-order valence-electron chi connectivity index (χ2n) is 5.59. The number of rotatable bonds is 3. The summed E-state index contributed by atoms with van der Waals surface area (Å²) in [7, 11) is 0. The van der Waals surface area contributed by atoms with Crippen LogP contribution in [0.2, 0.25) is 0 Å². The minimum absolute atomic E-state index is 0.0119. The number of nitrogens with zero attached hydrogens (tertiary/aromatic N) is 2. The molecule has 0 aliphatic carbocycles. The average Bonchev–Trinajstić information content (AvgIpc) is 2.35. The van der Waals surface area contributed by atoms with Gasteiger partial charge < -0.3 is 0 Å². The molecule has 0 atom stereocenters. The number of likely N-dealkylation sites (tertiary alicyclic amines) is 1. The monoisotopic (exact) mass is 373 g/mol. The van der Waals surface area contributed by atoms with Crippen molar-refractivity contribution in [2.75, 3.05) is 37.7 Å². The van der Waals surface area contributed by atoms with E-state index in [-0.39, 0.29) is 28.0 Å². The van der Waals surface area contributed by atoms with Crippen LogP contribution in [0.15, 0.2) is 0 Å². The summed E-state index contributed by atoms with van der Waals surface area (Å²) in [4.78, 5) is 4.17. The fraction of sp³-hybridized carbons (Fsp3) is 1.00. The molecule has 0 bridgehead atoms. The first kappa shape index (κ1) is 14.9. The van der Waals surface area contributed by atoms with Gasteiger partial charge in [0.15, 0.2) is 0 Å². The van der Waals surface area contributed by atoms with Gasteiger partial charge in [-0.1, -0.05) is 0 Å². The average molecular weight is 373 g/mol. The fourth-order valence-corrected chi connectivity index (χ4v) is 4.73. The molecule has 0 aromatic rings. The molecule has 0 amide bonds. The molecule has 0 radical (unpaired) electrons. The van der Waals surface area contributed by atoms with E-state index < -0.39 is 11.3 Å². The molecule has 0 saturated carbocycles. The third kappa shape index (κ3) is 2.82. The van der Waals surface area contributed by atoms with E-state index in [0.29, 0.717) is 19.3 Å². The van der Waals surface area contributed by atoms with E-state index in [1.807, 2.05) is 4.90 Å². The van der Waals surface area contributed by atoms with Gasteiger partial charge in [0, 0.05) is 0 Å². The van der Waals surface area contributed by atoms with Gasteiger partial charge >= 0.3 is 120 Å². The van der Waals surface area contributed by atoms with Crippen molar-refractivity contribution in [1.82, 2.24) is 8.01 Å². The molecule has 18 heavy (non-hydrogen) atoms. The SMILES string of the molecule is CCCN1CCC2(CCN([I-]C)CC2)C(F)(F)C1. The zero-order chi connectivity index (χ0) is 13.2. The van der Waals surface area contributed by atoms with Gasteiger partial charge in [0.25, 0.3) is 0 Å².